The number of anilines is 1. The minimum absolute atomic E-state index is 0.0247. The van der Waals surface area contributed by atoms with E-state index in [1.165, 1.54) is 19.2 Å². The fourth-order valence-electron chi connectivity index (χ4n) is 1.79. The molecule has 0 aliphatic heterocycles. The Morgan fingerprint density at radius 3 is 2.67 bits per heavy atom. The summed E-state index contributed by atoms with van der Waals surface area (Å²) < 4.78 is 17.8. The lowest BCUT2D eigenvalue weighted by Gasteiger charge is -2.07. The van der Waals surface area contributed by atoms with Crippen molar-refractivity contribution in [3.8, 4) is 0 Å². The molecule has 1 amide bonds. The van der Waals surface area contributed by atoms with Crippen LogP contribution in [0.25, 0.3) is 0 Å². The lowest BCUT2D eigenvalue weighted by molar-refractivity contribution is -0.117. The number of methoxy groups -OCH3 is 1. The summed E-state index contributed by atoms with van der Waals surface area (Å²) in [5.41, 5.74) is 0.222. The summed E-state index contributed by atoms with van der Waals surface area (Å²) in [5, 5.41) is 2.67. The molecular weight excluding hydrogens is 237 g/mol. The number of hydrogen-bond acceptors (Lipinski definition) is 3. The predicted octanol–water partition coefficient (Wildman–Crippen LogP) is 2.21. The third-order valence-electron chi connectivity index (χ3n) is 3.09. The summed E-state index contributed by atoms with van der Waals surface area (Å²) in [7, 11) is 1.18. The van der Waals surface area contributed by atoms with E-state index in [4.69, 9.17) is 0 Å². The van der Waals surface area contributed by atoms with Gasteiger partial charge in [-0.1, -0.05) is 6.92 Å². The van der Waals surface area contributed by atoms with Gasteiger partial charge in [-0.05, 0) is 30.5 Å². The molecule has 0 radical (unpaired) electrons. The average molecular weight is 251 g/mol. The van der Waals surface area contributed by atoms with Crippen molar-refractivity contribution in [3.05, 3.63) is 29.6 Å². The third-order valence-corrected chi connectivity index (χ3v) is 3.09. The van der Waals surface area contributed by atoms with Gasteiger partial charge in [0.05, 0.1) is 12.7 Å². The van der Waals surface area contributed by atoms with Gasteiger partial charge in [-0.25, -0.2) is 9.18 Å². The van der Waals surface area contributed by atoms with Crippen LogP contribution in [0.2, 0.25) is 0 Å². The van der Waals surface area contributed by atoms with Crippen LogP contribution in [-0.4, -0.2) is 19.0 Å². The maximum Gasteiger partial charge on any atom is 0.340 e. The molecule has 1 fully saturated rings. The van der Waals surface area contributed by atoms with Gasteiger partial charge >= 0.3 is 5.97 Å². The Balaban J connectivity index is 2.14. The zero-order chi connectivity index (χ0) is 13.3. The van der Waals surface area contributed by atoms with Crippen molar-refractivity contribution in [3.63, 3.8) is 0 Å². The lowest BCUT2D eigenvalue weighted by atomic mass is 10.2. The second-order valence-corrected chi connectivity index (χ2v) is 4.49. The summed E-state index contributed by atoms with van der Waals surface area (Å²) in [4.78, 5) is 23.0. The van der Waals surface area contributed by atoms with Crippen LogP contribution >= 0.6 is 0 Å². The van der Waals surface area contributed by atoms with Gasteiger partial charge in [0.25, 0.3) is 0 Å². The van der Waals surface area contributed by atoms with E-state index in [0.29, 0.717) is 11.6 Å². The van der Waals surface area contributed by atoms with Crippen LogP contribution < -0.4 is 5.32 Å². The Labute approximate surface area is 104 Å². The van der Waals surface area contributed by atoms with Crippen molar-refractivity contribution in [2.45, 2.75) is 13.3 Å². The van der Waals surface area contributed by atoms with Crippen LogP contribution in [0.1, 0.15) is 23.7 Å². The second kappa shape index (κ2) is 4.76. The average Bonchev–Trinajstić information content (AvgIpc) is 3.08. The van der Waals surface area contributed by atoms with Crippen LogP contribution in [0.4, 0.5) is 10.1 Å². The van der Waals surface area contributed by atoms with Crippen molar-refractivity contribution in [1.29, 1.82) is 0 Å². The van der Waals surface area contributed by atoms with Crippen LogP contribution in [0.5, 0.6) is 0 Å². The number of benzene rings is 1. The summed E-state index contributed by atoms with van der Waals surface area (Å²) in [6.45, 7) is 1.99. The Morgan fingerprint density at radius 1 is 1.44 bits per heavy atom. The minimum atomic E-state index is -0.761. The molecule has 0 saturated heterocycles. The maximum atomic E-state index is 13.4. The van der Waals surface area contributed by atoms with Crippen LogP contribution in [0, 0.1) is 17.7 Å². The van der Waals surface area contributed by atoms with Crippen molar-refractivity contribution in [2.75, 3.05) is 12.4 Å². The number of rotatable bonds is 3. The van der Waals surface area contributed by atoms with Crippen molar-refractivity contribution in [2.24, 2.45) is 11.8 Å². The molecule has 0 heterocycles. The Kier molecular flexibility index (Phi) is 3.32. The first kappa shape index (κ1) is 12.5. The summed E-state index contributed by atoms with van der Waals surface area (Å²) in [5.74, 6) is -1.10. The number of carbonyl (C=O) groups is 2. The van der Waals surface area contributed by atoms with Gasteiger partial charge in [0.2, 0.25) is 5.91 Å². The predicted molar refractivity (Wildman–Crippen MR) is 63.6 cm³/mol. The summed E-state index contributed by atoms with van der Waals surface area (Å²) >= 11 is 0. The monoisotopic (exact) mass is 251 g/mol. The Morgan fingerprint density at radius 2 is 2.11 bits per heavy atom. The molecule has 5 heteroatoms. The van der Waals surface area contributed by atoms with E-state index in [1.54, 1.807) is 0 Å². The fourth-order valence-corrected chi connectivity index (χ4v) is 1.79. The van der Waals surface area contributed by atoms with Gasteiger partial charge in [-0.3, -0.25) is 4.79 Å². The summed E-state index contributed by atoms with van der Waals surface area (Å²) in [6, 6.07) is 3.84. The topological polar surface area (TPSA) is 55.4 Å². The molecule has 1 saturated carbocycles. The molecule has 0 aromatic heterocycles. The van der Waals surface area contributed by atoms with Gasteiger partial charge in [-0.15, -0.1) is 0 Å². The van der Waals surface area contributed by atoms with E-state index in [0.717, 1.165) is 12.5 Å². The van der Waals surface area contributed by atoms with Gasteiger partial charge in [0.1, 0.15) is 5.82 Å². The van der Waals surface area contributed by atoms with Crippen LogP contribution in [-0.2, 0) is 9.53 Å². The molecule has 1 aliphatic rings. The highest BCUT2D eigenvalue weighted by atomic mass is 19.1. The van der Waals surface area contributed by atoms with Crippen molar-refractivity contribution in [1.82, 2.24) is 0 Å². The molecule has 2 atom stereocenters. The zero-order valence-electron chi connectivity index (χ0n) is 10.2. The van der Waals surface area contributed by atoms with E-state index in [1.807, 2.05) is 6.92 Å². The number of esters is 1. The molecule has 1 aliphatic carbocycles. The largest absolute Gasteiger partial charge is 0.465 e. The second-order valence-electron chi connectivity index (χ2n) is 4.49. The SMILES string of the molecule is COC(=O)c1cc(NC(=O)[C@@H]2C[C@H]2C)ccc1F. The first-order valence-corrected chi connectivity index (χ1v) is 5.71. The number of hydrogen-bond donors (Lipinski definition) is 1. The fraction of sp³-hybridized carbons (Fsp3) is 0.385. The standard InChI is InChI=1S/C13H14FNO3/c1-7-5-9(7)12(16)15-8-3-4-11(14)10(6-8)13(17)18-2/h3-4,6-7,9H,5H2,1-2H3,(H,15,16)/t7-,9-/m1/s1. The molecule has 1 aromatic rings. The highest BCUT2D eigenvalue weighted by Crippen LogP contribution is 2.38. The number of nitrogens with one attached hydrogen (secondary N) is 1. The molecule has 0 unspecified atom stereocenters. The van der Waals surface area contributed by atoms with Gasteiger partial charge in [0, 0.05) is 11.6 Å². The van der Waals surface area contributed by atoms with Crippen molar-refractivity contribution < 1.29 is 18.7 Å². The van der Waals surface area contributed by atoms with Crippen LogP contribution in [0.3, 0.4) is 0 Å². The number of carbonyl (C=O) groups excluding carboxylic acids is 2. The first-order chi connectivity index (χ1) is 8.52. The molecule has 1 N–H and O–H groups in total. The normalized spacial score (nSPS) is 21.3. The van der Waals surface area contributed by atoms with Gasteiger partial charge in [0.15, 0.2) is 0 Å². The van der Waals surface area contributed by atoms with E-state index >= 15 is 0 Å². The van der Waals surface area contributed by atoms with E-state index in [-0.39, 0.29) is 17.4 Å². The summed E-state index contributed by atoms with van der Waals surface area (Å²) in [6.07, 6.45) is 0.872. The lowest BCUT2D eigenvalue weighted by Crippen LogP contribution is -2.15. The molecular formula is C13H14FNO3. The maximum absolute atomic E-state index is 13.4. The molecule has 2 rings (SSSR count). The molecule has 0 spiro atoms. The smallest absolute Gasteiger partial charge is 0.340 e. The molecule has 18 heavy (non-hydrogen) atoms. The first-order valence-electron chi connectivity index (χ1n) is 5.71. The van der Waals surface area contributed by atoms with E-state index < -0.39 is 11.8 Å². The third kappa shape index (κ3) is 2.50. The van der Waals surface area contributed by atoms with E-state index in [2.05, 4.69) is 10.1 Å². The van der Waals surface area contributed by atoms with E-state index in [9.17, 15) is 14.0 Å². The highest BCUT2D eigenvalue weighted by Gasteiger charge is 2.39. The Hall–Kier alpha value is -1.91. The van der Waals surface area contributed by atoms with Gasteiger partial charge < -0.3 is 10.1 Å². The number of halogens is 1. The highest BCUT2D eigenvalue weighted by molar-refractivity contribution is 5.96. The molecule has 96 valence electrons. The quantitative estimate of drug-likeness (QED) is 0.838. The molecule has 1 aromatic carbocycles. The van der Waals surface area contributed by atoms with Gasteiger partial charge in [-0.2, -0.15) is 0 Å². The zero-order valence-corrected chi connectivity index (χ0v) is 10.2. The number of amides is 1. The minimum Gasteiger partial charge on any atom is -0.465 e. The van der Waals surface area contributed by atoms with Crippen molar-refractivity contribution >= 4 is 17.6 Å². The van der Waals surface area contributed by atoms with Crippen LogP contribution in [0.15, 0.2) is 18.2 Å². The Bertz CT molecular complexity index is 501. The molecule has 0 bridgehead atoms. The number of ether oxygens (including phenoxy) is 1. The molecule has 4 nitrogen and oxygen atoms in total.